The standard InChI is InChI=1S/C14H19NO/c1-2-9-16-14-6-4-3-5-13(14)11-15-10-12-7-8-12/h2-6,12,15H,1,7-11H2. The molecular formula is C14H19NO. The lowest BCUT2D eigenvalue weighted by Gasteiger charge is -2.10. The highest BCUT2D eigenvalue weighted by molar-refractivity contribution is 5.33. The molecular weight excluding hydrogens is 198 g/mol. The van der Waals surface area contributed by atoms with E-state index in [1.54, 1.807) is 6.08 Å². The van der Waals surface area contributed by atoms with Crippen LogP contribution in [0.2, 0.25) is 0 Å². The monoisotopic (exact) mass is 217 g/mol. The van der Waals surface area contributed by atoms with Gasteiger partial charge in [-0.2, -0.15) is 0 Å². The largest absolute Gasteiger partial charge is 0.489 e. The van der Waals surface area contributed by atoms with Crippen molar-refractivity contribution in [3.63, 3.8) is 0 Å². The van der Waals surface area contributed by atoms with E-state index in [9.17, 15) is 0 Å². The van der Waals surface area contributed by atoms with Crippen molar-refractivity contribution >= 4 is 0 Å². The van der Waals surface area contributed by atoms with Crippen LogP contribution in [0.3, 0.4) is 0 Å². The molecule has 2 rings (SSSR count). The number of hydrogen-bond acceptors (Lipinski definition) is 2. The van der Waals surface area contributed by atoms with Crippen molar-refractivity contribution in [3.05, 3.63) is 42.5 Å². The molecule has 1 saturated carbocycles. The predicted molar refractivity (Wildman–Crippen MR) is 66.6 cm³/mol. The average Bonchev–Trinajstić information content (AvgIpc) is 3.12. The Morgan fingerprint density at radius 1 is 1.38 bits per heavy atom. The molecule has 86 valence electrons. The van der Waals surface area contributed by atoms with Crippen LogP contribution in [0.5, 0.6) is 5.75 Å². The second-order valence-electron chi connectivity index (χ2n) is 4.28. The van der Waals surface area contributed by atoms with Crippen molar-refractivity contribution in [2.75, 3.05) is 13.2 Å². The second-order valence-corrected chi connectivity index (χ2v) is 4.28. The van der Waals surface area contributed by atoms with Gasteiger partial charge in [-0.05, 0) is 31.4 Å². The number of benzene rings is 1. The van der Waals surface area contributed by atoms with E-state index in [2.05, 4.69) is 24.0 Å². The maximum absolute atomic E-state index is 5.60. The van der Waals surface area contributed by atoms with Gasteiger partial charge in [0.2, 0.25) is 0 Å². The lowest BCUT2D eigenvalue weighted by atomic mass is 10.2. The summed E-state index contributed by atoms with van der Waals surface area (Å²) in [5.41, 5.74) is 1.23. The first-order chi connectivity index (χ1) is 7.90. The third-order valence-electron chi connectivity index (χ3n) is 2.77. The van der Waals surface area contributed by atoms with Crippen LogP contribution >= 0.6 is 0 Å². The number of hydrogen-bond donors (Lipinski definition) is 1. The molecule has 1 aliphatic carbocycles. The van der Waals surface area contributed by atoms with E-state index in [0.717, 1.165) is 24.8 Å². The molecule has 0 aromatic heterocycles. The average molecular weight is 217 g/mol. The van der Waals surface area contributed by atoms with Crippen LogP contribution in [0.4, 0.5) is 0 Å². The van der Waals surface area contributed by atoms with Gasteiger partial charge < -0.3 is 10.1 Å². The van der Waals surface area contributed by atoms with Gasteiger partial charge in [0.25, 0.3) is 0 Å². The number of rotatable bonds is 7. The summed E-state index contributed by atoms with van der Waals surface area (Å²) < 4.78 is 5.60. The zero-order valence-electron chi connectivity index (χ0n) is 9.61. The molecule has 16 heavy (non-hydrogen) atoms. The highest BCUT2D eigenvalue weighted by Crippen LogP contribution is 2.27. The van der Waals surface area contributed by atoms with E-state index in [0.29, 0.717) is 6.61 Å². The zero-order chi connectivity index (χ0) is 11.2. The Hall–Kier alpha value is -1.28. The zero-order valence-corrected chi connectivity index (χ0v) is 9.61. The molecule has 0 amide bonds. The molecule has 2 heteroatoms. The molecule has 0 spiro atoms. The molecule has 1 aromatic carbocycles. The van der Waals surface area contributed by atoms with Crippen LogP contribution in [0.1, 0.15) is 18.4 Å². The summed E-state index contributed by atoms with van der Waals surface area (Å²) in [5.74, 6) is 1.88. The van der Waals surface area contributed by atoms with Crippen molar-refractivity contribution in [2.45, 2.75) is 19.4 Å². The Morgan fingerprint density at radius 2 is 2.19 bits per heavy atom. The van der Waals surface area contributed by atoms with Gasteiger partial charge in [-0.15, -0.1) is 0 Å². The van der Waals surface area contributed by atoms with Gasteiger partial charge in [0.15, 0.2) is 0 Å². The maximum Gasteiger partial charge on any atom is 0.124 e. The van der Waals surface area contributed by atoms with Gasteiger partial charge in [0.1, 0.15) is 12.4 Å². The summed E-state index contributed by atoms with van der Waals surface area (Å²) in [6, 6.07) is 8.17. The van der Waals surface area contributed by atoms with E-state index in [-0.39, 0.29) is 0 Å². The number of nitrogens with one attached hydrogen (secondary N) is 1. The molecule has 0 unspecified atom stereocenters. The Labute approximate surface area is 97.3 Å². The summed E-state index contributed by atoms with van der Waals surface area (Å²) >= 11 is 0. The molecule has 2 nitrogen and oxygen atoms in total. The molecule has 0 heterocycles. The summed E-state index contributed by atoms with van der Waals surface area (Å²) in [5, 5.41) is 3.47. The molecule has 0 aliphatic heterocycles. The van der Waals surface area contributed by atoms with E-state index < -0.39 is 0 Å². The minimum absolute atomic E-state index is 0.569. The van der Waals surface area contributed by atoms with Crippen molar-refractivity contribution in [1.29, 1.82) is 0 Å². The Bertz CT molecular complexity index is 344. The summed E-state index contributed by atoms with van der Waals surface area (Å²) in [4.78, 5) is 0. The predicted octanol–water partition coefficient (Wildman–Crippen LogP) is 2.75. The first-order valence-corrected chi connectivity index (χ1v) is 5.92. The number of ether oxygens (including phenoxy) is 1. The Kier molecular flexibility index (Phi) is 4.00. The normalized spacial score (nSPS) is 14.8. The lowest BCUT2D eigenvalue weighted by molar-refractivity contribution is 0.357. The SMILES string of the molecule is C=CCOc1ccccc1CNCC1CC1. The summed E-state index contributed by atoms with van der Waals surface area (Å²) in [7, 11) is 0. The molecule has 0 bridgehead atoms. The molecule has 1 aliphatic rings. The fourth-order valence-electron chi connectivity index (χ4n) is 1.67. The first kappa shape index (κ1) is 11.2. The highest BCUT2D eigenvalue weighted by Gasteiger charge is 2.20. The molecule has 1 N–H and O–H groups in total. The highest BCUT2D eigenvalue weighted by atomic mass is 16.5. The van der Waals surface area contributed by atoms with Crippen LogP contribution < -0.4 is 10.1 Å². The van der Waals surface area contributed by atoms with Crippen LogP contribution in [-0.2, 0) is 6.54 Å². The van der Waals surface area contributed by atoms with Crippen molar-refractivity contribution < 1.29 is 4.74 Å². The minimum Gasteiger partial charge on any atom is -0.489 e. The van der Waals surface area contributed by atoms with E-state index in [1.165, 1.54) is 18.4 Å². The smallest absolute Gasteiger partial charge is 0.124 e. The third kappa shape index (κ3) is 3.38. The summed E-state index contributed by atoms with van der Waals surface area (Å²) in [6.45, 7) is 6.25. The van der Waals surface area contributed by atoms with E-state index in [4.69, 9.17) is 4.74 Å². The first-order valence-electron chi connectivity index (χ1n) is 5.92. The Balaban J connectivity index is 1.86. The van der Waals surface area contributed by atoms with Gasteiger partial charge in [0.05, 0.1) is 0 Å². The van der Waals surface area contributed by atoms with Gasteiger partial charge in [-0.1, -0.05) is 30.9 Å². The van der Waals surface area contributed by atoms with E-state index >= 15 is 0 Å². The van der Waals surface area contributed by atoms with Crippen LogP contribution in [0.15, 0.2) is 36.9 Å². The number of para-hydroxylation sites is 1. The van der Waals surface area contributed by atoms with Crippen LogP contribution in [-0.4, -0.2) is 13.2 Å². The van der Waals surface area contributed by atoms with Gasteiger partial charge >= 0.3 is 0 Å². The van der Waals surface area contributed by atoms with Crippen molar-refractivity contribution in [3.8, 4) is 5.75 Å². The molecule has 0 radical (unpaired) electrons. The fourth-order valence-corrected chi connectivity index (χ4v) is 1.67. The van der Waals surface area contributed by atoms with Crippen LogP contribution in [0.25, 0.3) is 0 Å². The summed E-state index contributed by atoms with van der Waals surface area (Å²) in [6.07, 6.45) is 4.55. The molecule has 1 aromatic rings. The second kappa shape index (κ2) is 5.71. The Morgan fingerprint density at radius 3 is 2.94 bits per heavy atom. The molecule has 0 atom stereocenters. The quantitative estimate of drug-likeness (QED) is 0.709. The van der Waals surface area contributed by atoms with Gasteiger partial charge in [-0.3, -0.25) is 0 Å². The molecule has 0 saturated heterocycles. The topological polar surface area (TPSA) is 21.3 Å². The lowest BCUT2D eigenvalue weighted by Crippen LogP contribution is -2.16. The van der Waals surface area contributed by atoms with Gasteiger partial charge in [-0.25, -0.2) is 0 Å². The maximum atomic E-state index is 5.60. The molecule has 1 fully saturated rings. The fraction of sp³-hybridized carbons (Fsp3) is 0.429. The minimum atomic E-state index is 0.569. The van der Waals surface area contributed by atoms with Gasteiger partial charge in [0, 0.05) is 12.1 Å². The van der Waals surface area contributed by atoms with Crippen molar-refractivity contribution in [1.82, 2.24) is 5.32 Å². The van der Waals surface area contributed by atoms with E-state index in [1.807, 2.05) is 12.1 Å². The van der Waals surface area contributed by atoms with Crippen molar-refractivity contribution in [2.24, 2.45) is 5.92 Å². The van der Waals surface area contributed by atoms with Crippen LogP contribution in [0, 0.1) is 5.92 Å². The third-order valence-corrected chi connectivity index (χ3v) is 2.77.